The molecule has 0 saturated heterocycles. The Hall–Kier alpha value is -2.65. The number of anilines is 1. The molecule has 112 valence electrons. The highest BCUT2D eigenvalue weighted by Gasteiger charge is 2.19. The molecule has 0 aliphatic heterocycles. The molecule has 0 N–H and O–H groups in total. The standard InChI is InChI=1S/C16H14N2O3S/c1-12-7-10-22-15(12)16(20)21-11-14(19)18(9-8-17)13-5-3-2-4-6-13/h2-7,10H,9,11H2,1H3. The Morgan fingerprint density at radius 2 is 2.00 bits per heavy atom. The fourth-order valence-electron chi connectivity index (χ4n) is 1.85. The third kappa shape index (κ3) is 3.71. The van der Waals surface area contributed by atoms with Gasteiger partial charge in [-0.25, -0.2) is 4.79 Å². The molecule has 22 heavy (non-hydrogen) atoms. The lowest BCUT2D eigenvalue weighted by atomic mass is 10.3. The Morgan fingerprint density at radius 1 is 1.27 bits per heavy atom. The average molecular weight is 314 g/mol. The van der Waals surface area contributed by atoms with E-state index in [0.717, 1.165) is 5.56 Å². The second-order valence-corrected chi connectivity index (χ2v) is 5.40. The van der Waals surface area contributed by atoms with Gasteiger partial charge in [-0.15, -0.1) is 11.3 Å². The summed E-state index contributed by atoms with van der Waals surface area (Å²) in [4.78, 5) is 25.9. The maximum Gasteiger partial charge on any atom is 0.349 e. The molecular formula is C16H14N2O3S. The van der Waals surface area contributed by atoms with E-state index in [1.165, 1.54) is 16.2 Å². The van der Waals surface area contributed by atoms with Crippen molar-refractivity contribution in [2.75, 3.05) is 18.1 Å². The molecule has 0 radical (unpaired) electrons. The number of nitrogens with zero attached hydrogens (tertiary/aromatic N) is 2. The van der Waals surface area contributed by atoms with Crippen LogP contribution >= 0.6 is 11.3 Å². The van der Waals surface area contributed by atoms with E-state index in [2.05, 4.69) is 0 Å². The molecular weight excluding hydrogens is 300 g/mol. The van der Waals surface area contributed by atoms with Gasteiger partial charge < -0.3 is 4.74 Å². The Kier molecular flexibility index (Phi) is 5.28. The number of ether oxygens (including phenoxy) is 1. The molecule has 2 aromatic rings. The number of carbonyl (C=O) groups is 2. The zero-order chi connectivity index (χ0) is 15.9. The Morgan fingerprint density at radius 3 is 2.59 bits per heavy atom. The average Bonchev–Trinajstić information content (AvgIpc) is 2.97. The normalized spacial score (nSPS) is 9.82. The van der Waals surface area contributed by atoms with Gasteiger partial charge in [-0.2, -0.15) is 5.26 Å². The number of thiophene rings is 1. The van der Waals surface area contributed by atoms with Crippen molar-refractivity contribution >= 4 is 28.9 Å². The fourth-order valence-corrected chi connectivity index (χ4v) is 2.67. The van der Waals surface area contributed by atoms with Crippen molar-refractivity contribution in [2.45, 2.75) is 6.92 Å². The molecule has 5 nitrogen and oxygen atoms in total. The molecule has 1 heterocycles. The smallest absolute Gasteiger partial charge is 0.349 e. The first-order valence-electron chi connectivity index (χ1n) is 6.57. The van der Waals surface area contributed by atoms with Crippen LogP contribution in [0, 0.1) is 18.3 Å². The maximum absolute atomic E-state index is 12.2. The zero-order valence-electron chi connectivity index (χ0n) is 12.0. The van der Waals surface area contributed by atoms with E-state index in [0.29, 0.717) is 10.6 Å². The van der Waals surface area contributed by atoms with Crippen LogP contribution in [0.15, 0.2) is 41.8 Å². The second kappa shape index (κ2) is 7.38. The van der Waals surface area contributed by atoms with Crippen LogP contribution in [0.1, 0.15) is 15.2 Å². The van der Waals surface area contributed by atoms with Crippen molar-refractivity contribution in [3.8, 4) is 6.07 Å². The Labute approximate surface area is 132 Å². The lowest BCUT2D eigenvalue weighted by Crippen LogP contribution is -2.35. The van der Waals surface area contributed by atoms with E-state index in [1.807, 2.05) is 18.2 Å². The highest BCUT2D eigenvalue weighted by molar-refractivity contribution is 7.12. The third-order valence-electron chi connectivity index (χ3n) is 2.97. The molecule has 1 aromatic heterocycles. The summed E-state index contributed by atoms with van der Waals surface area (Å²) in [5.41, 5.74) is 1.41. The van der Waals surface area contributed by atoms with Crippen molar-refractivity contribution in [1.29, 1.82) is 5.26 Å². The summed E-state index contributed by atoms with van der Waals surface area (Å²) < 4.78 is 5.05. The van der Waals surface area contributed by atoms with Gasteiger partial charge in [0.2, 0.25) is 0 Å². The third-order valence-corrected chi connectivity index (χ3v) is 3.97. The second-order valence-electron chi connectivity index (χ2n) is 4.48. The molecule has 1 aromatic carbocycles. The quantitative estimate of drug-likeness (QED) is 0.628. The molecule has 0 saturated carbocycles. The van der Waals surface area contributed by atoms with Crippen molar-refractivity contribution in [3.05, 3.63) is 52.2 Å². The Bertz CT molecular complexity index is 704. The van der Waals surface area contributed by atoms with E-state index >= 15 is 0 Å². The van der Waals surface area contributed by atoms with Crippen LogP contribution < -0.4 is 4.90 Å². The van der Waals surface area contributed by atoms with Gasteiger partial charge in [-0.3, -0.25) is 9.69 Å². The van der Waals surface area contributed by atoms with Crippen LogP contribution in [0.3, 0.4) is 0 Å². The number of rotatable bonds is 5. The van der Waals surface area contributed by atoms with E-state index in [4.69, 9.17) is 10.00 Å². The number of nitriles is 1. The molecule has 1 amide bonds. The predicted molar refractivity (Wildman–Crippen MR) is 83.7 cm³/mol. The van der Waals surface area contributed by atoms with E-state index in [1.54, 1.807) is 36.6 Å². The van der Waals surface area contributed by atoms with E-state index < -0.39 is 18.5 Å². The van der Waals surface area contributed by atoms with Gasteiger partial charge in [-0.05, 0) is 36.1 Å². The van der Waals surface area contributed by atoms with Gasteiger partial charge in [0.1, 0.15) is 11.4 Å². The minimum Gasteiger partial charge on any atom is -0.451 e. The molecule has 0 unspecified atom stereocenters. The van der Waals surface area contributed by atoms with Crippen LogP contribution in [0.5, 0.6) is 0 Å². The predicted octanol–water partition coefficient (Wildman–Crippen LogP) is 2.77. The van der Waals surface area contributed by atoms with Crippen molar-refractivity contribution < 1.29 is 14.3 Å². The Balaban J connectivity index is 2.02. The van der Waals surface area contributed by atoms with Gasteiger partial charge in [0, 0.05) is 5.69 Å². The first-order chi connectivity index (χ1) is 10.6. The van der Waals surface area contributed by atoms with Gasteiger partial charge in [0.15, 0.2) is 6.61 Å². The summed E-state index contributed by atoms with van der Waals surface area (Å²) >= 11 is 1.27. The van der Waals surface area contributed by atoms with Crippen LogP contribution in [0.4, 0.5) is 5.69 Å². The summed E-state index contributed by atoms with van der Waals surface area (Å²) in [6, 6.07) is 12.6. The number of hydrogen-bond donors (Lipinski definition) is 0. The first-order valence-corrected chi connectivity index (χ1v) is 7.45. The number of esters is 1. The van der Waals surface area contributed by atoms with E-state index in [9.17, 15) is 9.59 Å². The van der Waals surface area contributed by atoms with E-state index in [-0.39, 0.29) is 6.54 Å². The molecule has 0 atom stereocenters. The summed E-state index contributed by atoms with van der Waals surface area (Å²) in [6.45, 7) is 1.31. The van der Waals surface area contributed by atoms with Crippen LogP contribution in [0.25, 0.3) is 0 Å². The SMILES string of the molecule is Cc1ccsc1C(=O)OCC(=O)N(CC#N)c1ccccc1. The van der Waals surface area contributed by atoms with Crippen LogP contribution in [-0.2, 0) is 9.53 Å². The maximum atomic E-state index is 12.2. The number of aryl methyl sites for hydroxylation is 1. The molecule has 2 rings (SSSR count). The topological polar surface area (TPSA) is 70.4 Å². The first kappa shape index (κ1) is 15.7. The largest absolute Gasteiger partial charge is 0.451 e. The number of amides is 1. The molecule has 0 aliphatic carbocycles. The molecule has 6 heteroatoms. The lowest BCUT2D eigenvalue weighted by Gasteiger charge is -2.19. The lowest BCUT2D eigenvalue weighted by molar-refractivity contribution is -0.121. The highest BCUT2D eigenvalue weighted by Crippen LogP contribution is 2.17. The number of benzene rings is 1. The number of hydrogen-bond acceptors (Lipinski definition) is 5. The summed E-state index contributed by atoms with van der Waals surface area (Å²) in [5, 5.41) is 10.7. The minimum absolute atomic E-state index is 0.0988. The highest BCUT2D eigenvalue weighted by atomic mass is 32.1. The van der Waals surface area contributed by atoms with Gasteiger partial charge >= 0.3 is 5.97 Å². The van der Waals surface area contributed by atoms with Crippen molar-refractivity contribution in [1.82, 2.24) is 0 Å². The monoisotopic (exact) mass is 314 g/mol. The fraction of sp³-hybridized carbons (Fsp3) is 0.188. The summed E-state index contributed by atoms with van der Waals surface area (Å²) in [7, 11) is 0. The summed E-state index contributed by atoms with van der Waals surface area (Å²) in [5.74, 6) is -0.957. The van der Waals surface area contributed by atoms with Gasteiger partial charge in [-0.1, -0.05) is 18.2 Å². The van der Waals surface area contributed by atoms with Crippen LogP contribution in [-0.4, -0.2) is 25.0 Å². The summed E-state index contributed by atoms with van der Waals surface area (Å²) in [6.07, 6.45) is 0. The molecule has 0 bridgehead atoms. The minimum atomic E-state index is -0.522. The number of carbonyl (C=O) groups excluding carboxylic acids is 2. The van der Waals surface area contributed by atoms with Gasteiger partial charge in [0.05, 0.1) is 6.07 Å². The van der Waals surface area contributed by atoms with Crippen molar-refractivity contribution in [3.63, 3.8) is 0 Å². The molecule has 0 fully saturated rings. The molecule has 0 spiro atoms. The number of para-hydroxylation sites is 1. The zero-order valence-corrected chi connectivity index (χ0v) is 12.8. The van der Waals surface area contributed by atoms with Crippen LogP contribution in [0.2, 0.25) is 0 Å². The van der Waals surface area contributed by atoms with Crippen molar-refractivity contribution in [2.24, 2.45) is 0 Å². The molecule has 0 aliphatic rings. The van der Waals surface area contributed by atoms with Gasteiger partial charge in [0.25, 0.3) is 5.91 Å².